The van der Waals surface area contributed by atoms with Crippen molar-refractivity contribution in [2.75, 3.05) is 0 Å². The van der Waals surface area contributed by atoms with E-state index in [0.717, 1.165) is 15.4 Å². The molecule has 19 heavy (non-hydrogen) atoms. The summed E-state index contributed by atoms with van der Waals surface area (Å²) >= 11 is 7.74. The Bertz CT molecular complexity index is 712. The number of hydrogen-bond donors (Lipinski definition) is 1. The Balaban J connectivity index is 2.19. The number of hydrogen-bond acceptors (Lipinski definition) is 3. The van der Waals surface area contributed by atoms with Gasteiger partial charge in [-0.2, -0.15) is 0 Å². The van der Waals surface area contributed by atoms with Crippen molar-refractivity contribution < 1.29 is 9.90 Å². The molecule has 0 aliphatic carbocycles. The van der Waals surface area contributed by atoms with Gasteiger partial charge in [-0.05, 0) is 24.3 Å². The van der Waals surface area contributed by atoms with Crippen LogP contribution in [0.1, 0.15) is 15.9 Å². The Kier molecular flexibility index (Phi) is 3.05. The van der Waals surface area contributed by atoms with Crippen LogP contribution in [0.25, 0.3) is 0 Å². The highest BCUT2D eigenvalue weighted by Gasteiger charge is 2.17. The molecule has 0 spiro atoms. The third kappa shape index (κ3) is 2.25. The van der Waals surface area contributed by atoms with E-state index >= 15 is 0 Å². The van der Waals surface area contributed by atoms with Crippen LogP contribution < -0.4 is 0 Å². The van der Waals surface area contributed by atoms with Crippen LogP contribution in [0.2, 0.25) is 0 Å². The molecule has 94 valence electrons. The van der Waals surface area contributed by atoms with Crippen molar-refractivity contribution >= 4 is 40.2 Å². The van der Waals surface area contributed by atoms with Gasteiger partial charge in [0.15, 0.2) is 0 Å². The lowest BCUT2D eigenvalue weighted by Gasteiger charge is -2.04. The van der Waals surface area contributed by atoms with Crippen LogP contribution in [0.5, 0.6) is 0 Å². The Morgan fingerprint density at radius 1 is 1.16 bits per heavy atom. The second-order valence-corrected chi connectivity index (χ2v) is 5.43. The zero-order valence-corrected chi connectivity index (χ0v) is 11.2. The lowest BCUT2D eigenvalue weighted by Crippen LogP contribution is -1.95. The number of fused-ring (bicyclic) bond motifs is 2. The Morgan fingerprint density at radius 2 is 1.95 bits per heavy atom. The van der Waals surface area contributed by atoms with Gasteiger partial charge in [-0.25, -0.2) is 9.79 Å². The molecule has 0 fully saturated rings. The van der Waals surface area contributed by atoms with Crippen LogP contribution in [0.15, 0.2) is 57.2 Å². The van der Waals surface area contributed by atoms with Crippen molar-refractivity contribution in [3.63, 3.8) is 0 Å². The molecule has 0 atom stereocenters. The van der Waals surface area contributed by atoms with E-state index in [-0.39, 0.29) is 5.56 Å². The Labute approximate surface area is 118 Å². The SMILES string of the molecule is O=C(O)c1ccc2c(c1)N=C(Cl)c1ccccc1S2. The van der Waals surface area contributed by atoms with E-state index in [0.29, 0.717) is 10.9 Å². The summed E-state index contributed by atoms with van der Waals surface area (Å²) in [7, 11) is 0. The quantitative estimate of drug-likeness (QED) is 0.857. The third-order valence-corrected chi connectivity index (χ3v) is 4.18. The van der Waals surface area contributed by atoms with Gasteiger partial charge in [0.05, 0.1) is 11.3 Å². The number of rotatable bonds is 1. The number of aromatic carboxylic acids is 1. The summed E-state index contributed by atoms with van der Waals surface area (Å²) in [5, 5.41) is 9.39. The lowest BCUT2D eigenvalue weighted by atomic mass is 10.2. The standard InChI is InChI=1S/C14H8ClNO2S/c15-13-9-3-1-2-4-11(9)19-12-6-5-8(14(17)18)7-10(12)16-13/h1-7H,(H,17,18). The average molecular weight is 290 g/mol. The van der Waals surface area contributed by atoms with Crippen molar-refractivity contribution in [2.24, 2.45) is 4.99 Å². The molecule has 1 aliphatic heterocycles. The molecule has 5 heteroatoms. The summed E-state index contributed by atoms with van der Waals surface area (Å²) in [6, 6.07) is 12.6. The van der Waals surface area contributed by atoms with E-state index < -0.39 is 5.97 Å². The summed E-state index contributed by atoms with van der Waals surface area (Å²) in [5.74, 6) is -0.971. The Hall–Kier alpha value is -1.78. The van der Waals surface area contributed by atoms with E-state index in [4.69, 9.17) is 16.7 Å². The van der Waals surface area contributed by atoms with E-state index in [1.807, 2.05) is 24.3 Å². The molecule has 0 amide bonds. The van der Waals surface area contributed by atoms with Gasteiger partial charge in [0.2, 0.25) is 0 Å². The van der Waals surface area contributed by atoms with Crippen molar-refractivity contribution in [3.8, 4) is 0 Å². The first-order chi connectivity index (χ1) is 9.15. The molecule has 3 nitrogen and oxygen atoms in total. The zero-order chi connectivity index (χ0) is 13.4. The highest BCUT2D eigenvalue weighted by atomic mass is 35.5. The van der Waals surface area contributed by atoms with Crippen molar-refractivity contribution in [3.05, 3.63) is 53.6 Å². The van der Waals surface area contributed by atoms with Gasteiger partial charge in [-0.3, -0.25) is 0 Å². The van der Waals surface area contributed by atoms with Crippen LogP contribution in [0, 0.1) is 0 Å². The van der Waals surface area contributed by atoms with Crippen LogP contribution in [0.4, 0.5) is 5.69 Å². The summed E-state index contributed by atoms with van der Waals surface area (Å²) in [4.78, 5) is 17.2. The summed E-state index contributed by atoms with van der Waals surface area (Å²) in [5.41, 5.74) is 1.66. The zero-order valence-electron chi connectivity index (χ0n) is 9.63. The highest BCUT2D eigenvalue weighted by molar-refractivity contribution is 7.99. The number of carboxylic acids is 1. The molecule has 1 aliphatic rings. The monoisotopic (exact) mass is 289 g/mol. The highest BCUT2D eigenvalue weighted by Crippen LogP contribution is 2.41. The van der Waals surface area contributed by atoms with E-state index in [1.165, 1.54) is 11.8 Å². The second kappa shape index (κ2) is 4.72. The van der Waals surface area contributed by atoms with Gasteiger partial charge in [0, 0.05) is 15.4 Å². The minimum atomic E-state index is -0.971. The summed E-state index contributed by atoms with van der Waals surface area (Å²) in [6.07, 6.45) is 0. The molecule has 0 aromatic heterocycles. The van der Waals surface area contributed by atoms with Gasteiger partial charge in [-0.15, -0.1) is 0 Å². The molecule has 2 aromatic carbocycles. The molecular formula is C14H8ClNO2S. The molecule has 0 bridgehead atoms. The van der Waals surface area contributed by atoms with Gasteiger partial charge < -0.3 is 5.11 Å². The van der Waals surface area contributed by atoms with Crippen LogP contribution >= 0.6 is 23.4 Å². The number of halogens is 1. The van der Waals surface area contributed by atoms with E-state index in [2.05, 4.69) is 4.99 Å². The number of carbonyl (C=O) groups is 1. The minimum absolute atomic E-state index is 0.207. The largest absolute Gasteiger partial charge is 0.478 e. The molecule has 0 radical (unpaired) electrons. The van der Waals surface area contributed by atoms with Crippen molar-refractivity contribution in [2.45, 2.75) is 9.79 Å². The fourth-order valence-corrected chi connectivity index (χ4v) is 3.15. The topological polar surface area (TPSA) is 49.7 Å². The van der Waals surface area contributed by atoms with Crippen LogP contribution in [-0.2, 0) is 0 Å². The number of carboxylic acid groups (broad SMARTS) is 1. The van der Waals surface area contributed by atoms with Crippen molar-refractivity contribution in [1.82, 2.24) is 0 Å². The molecular weight excluding hydrogens is 282 g/mol. The maximum atomic E-state index is 11.0. The molecule has 1 N–H and O–H groups in total. The number of benzene rings is 2. The fraction of sp³-hybridized carbons (Fsp3) is 0. The van der Waals surface area contributed by atoms with Gasteiger partial charge in [0.1, 0.15) is 5.17 Å². The minimum Gasteiger partial charge on any atom is -0.478 e. The first kappa shape index (κ1) is 12.3. The maximum Gasteiger partial charge on any atom is 0.335 e. The fourth-order valence-electron chi connectivity index (χ4n) is 1.83. The van der Waals surface area contributed by atoms with E-state index in [9.17, 15) is 4.79 Å². The smallest absolute Gasteiger partial charge is 0.335 e. The first-order valence-corrected chi connectivity index (χ1v) is 6.73. The molecule has 0 unspecified atom stereocenters. The molecule has 0 saturated heterocycles. The summed E-state index contributed by atoms with van der Waals surface area (Å²) in [6.45, 7) is 0. The number of aliphatic imine (C=N–C) groups is 1. The predicted molar refractivity (Wildman–Crippen MR) is 76.0 cm³/mol. The molecule has 3 rings (SSSR count). The molecule has 0 saturated carbocycles. The average Bonchev–Trinajstić information content (AvgIpc) is 2.54. The second-order valence-electron chi connectivity index (χ2n) is 3.99. The molecule has 1 heterocycles. The Morgan fingerprint density at radius 3 is 2.74 bits per heavy atom. The van der Waals surface area contributed by atoms with Gasteiger partial charge in [0.25, 0.3) is 0 Å². The summed E-state index contributed by atoms with van der Waals surface area (Å²) < 4.78 is 0. The third-order valence-electron chi connectivity index (χ3n) is 2.75. The van der Waals surface area contributed by atoms with Crippen molar-refractivity contribution in [1.29, 1.82) is 0 Å². The van der Waals surface area contributed by atoms with E-state index in [1.54, 1.807) is 18.2 Å². The van der Waals surface area contributed by atoms with Crippen LogP contribution in [-0.4, -0.2) is 16.2 Å². The van der Waals surface area contributed by atoms with Gasteiger partial charge in [-0.1, -0.05) is 41.6 Å². The van der Waals surface area contributed by atoms with Gasteiger partial charge >= 0.3 is 5.97 Å². The first-order valence-electron chi connectivity index (χ1n) is 5.54. The predicted octanol–water partition coefficient (Wildman–Crippen LogP) is 4.17. The maximum absolute atomic E-state index is 11.0. The van der Waals surface area contributed by atoms with Crippen LogP contribution in [0.3, 0.4) is 0 Å². The molecule has 2 aromatic rings. The number of nitrogens with zero attached hydrogens (tertiary/aromatic N) is 1. The normalized spacial score (nSPS) is 13.0. The lowest BCUT2D eigenvalue weighted by molar-refractivity contribution is 0.0697.